The lowest BCUT2D eigenvalue weighted by Crippen LogP contribution is -2.33. The summed E-state index contributed by atoms with van der Waals surface area (Å²) in [5, 5.41) is 3.27. The van der Waals surface area contributed by atoms with Crippen molar-refractivity contribution in [2.45, 2.75) is 12.5 Å². The van der Waals surface area contributed by atoms with Crippen molar-refractivity contribution in [2.24, 2.45) is 0 Å². The summed E-state index contributed by atoms with van der Waals surface area (Å²) in [4.78, 5) is 16.1. The lowest BCUT2D eigenvalue weighted by molar-refractivity contribution is -0.116. The average Bonchev–Trinajstić information content (AvgIpc) is 3.20. The molecule has 0 spiro atoms. The van der Waals surface area contributed by atoms with Crippen molar-refractivity contribution >= 4 is 23.6 Å². The van der Waals surface area contributed by atoms with E-state index in [1.54, 1.807) is 36.7 Å². The van der Waals surface area contributed by atoms with Gasteiger partial charge in [0.15, 0.2) is 0 Å². The maximum Gasteiger partial charge on any atom is 0.244 e. The van der Waals surface area contributed by atoms with Crippen LogP contribution in [-0.4, -0.2) is 30.6 Å². The molecule has 0 bridgehead atoms. The molecule has 1 aromatic heterocycles. The summed E-state index contributed by atoms with van der Waals surface area (Å²) < 4.78 is 25.1. The Morgan fingerprint density at radius 3 is 3.00 bits per heavy atom. The molecule has 0 aliphatic carbocycles. The zero-order valence-corrected chi connectivity index (χ0v) is 17.5. The van der Waals surface area contributed by atoms with Crippen molar-refractivity contribution in [3.63, 3.8) is 0 Å². The third-order valence-corrected chi connectivity index (χ3v) is 5.22. The quantitative estimate of drug-likeness (QED) is 0.567. The maximum atomic E-state index is 13.8. The molecule has 0 saturated heterocycles. The number of hydrogen-bond donors (Lipinski definition) is 1. The summed E-state index contributed by atoms with van der Waals surface area (Å²) in [6.45, 7) is 0.333. The van der Waals surface area contributed by atoms with Gasteiger partial charge in [-0.1, -0.05) is 17.7 Å². The van der Waals surface area contributed by atoms with E-state index in [2.05, 4.69) is 10.3 Å². The number of nitrogens with one attached hydrogen (secondary N) is 1. The number of carbonyl (C=O) groups is 1. The van der Waals surface area contributed by atoms with Crippen LogP contribution in [0.25, 0.3) is 17.2 Å². The van der Waals surface area contributed by atoms with Gasteiger partial charge in [0.25, 0.3) is 0 Å². The highest BCUT2D eigenvalue weighted by molar-refractivity contribution is 6.32. The molecule has 5 nitrogen and oxygen atoms in total. The second kappa shape index (κ2) is 9.18. The van der Waals surface area contributed by atoms with E-state index in [4.69, 9.17) is 21.1 Å². The molecule has 3 aromatic rings. The Hall–Kier alpha value is -3.38. The van der Waals surface area contributed by atoms with Crippen LogP contribution in [0.2, 0.25) is 5.02 Å². The van der Waals surface area contributed by atoms with Crippen molar-refractivity contribution in [1.29, 1.82) is 0 Å². The molecule has 1 N–H and O–H groups in total. The van der Waals surface area contributed by atoms with Crippen molar-refractivity contribution in [3.05, 3.63) is 82.9 Å². The molecule has 1 aliphatic heterocycles. The Morgan fingerprint density at radius 1 is 1.35 bits per heavy atom. The number of aromatic nitrogens is 1. The number of amides is 1. The molecule has 0 saturated carbocycles. The molecule has 1 atom stereocenters. The van der Waals surface area contributed by atoms with Gasteiger partial charge in [-0.3, -0.25) is 9.78 Å². The highest BCUT2D eigenvalue weighted by Gasteiger charge is 2.26. The van der Waals surface area contributed by atoms with Gasteiger partial charge in [-0.05, 0) is 53.6 Å². The van der Waals surface area contributed by atoms with Gasteiger partial charge in [0.1, 0.15) is 23.4 Å². The first-order valence-electron chi connectivity index (χ1n) is 9.72. The van der Waals surface area contributed by atoms with Crippen LogP contribution in [0.5, 0.6) is 11.5 Å². The van der Waals surface area contributed by atoms with Gasteiger partial charge in [-0.2, -0.15) is 0 Å². The van der Waals surface area contributed by atoms with Gasteiger partial charge in [0, 0.05) is 36.0 Å². The monoisotopic (exact) mass is 438 g/mol. The van der Waals surface area contributed by atoms with Crippen molar-refractivity contribution in [1.82, 2.24) is 10.3 Å². The zero-order valence-electron chi connectivity index (χ0n) is 16.8. The number of nitrogens with zero attached hydrogens (tertiary/aromatic N) is 1. The summed E-state index contributed by atoms with van der Waals surface area (Å²) in [6.07, 6.45) is 6.84. The number of pyridine rings is 1. The van der Waals surface area contributed by atoms with Crippen molar-refractivity contribution in [3.8, 4) is 22.6 Å². The number of carbonyl (C=O) groups excluding carboxylic acids is 1. The van der Waals surface area contributed by atoms with Gasteiger partial charge in [-0.25, -0.2) is 4.39 Å². The summed E-state index contributed by atoms with van der Waals surface area (Å²) in [7, 11) is 1.54. The predicted molar refractivity (Wildman–Crippen MR) is 118 cm³/mol. The number of ether oxygens (including phenoxy) is 2. The second-order valence-electron chi connectivity index (χ2n) is 7.10. The molecule has 1 amide bonds. The van der Waals surface area contributed by atoms with Crippen molar-refractivity contribution < 1.29 is 18.7 Å². The van der Waals surface area contributed by atoms with Crippen LogP contribution in [0.4, 0.5) is 4.39 Å². The molecular weight excluding hydrogens is 419 g/mol. The minimum absolute atomic E-state index is 0.223. The Kier molecular flexibility index (Phi) is 6.18. The summed E-state index contributed by atoms with van der Waals surface area (Å²) in [5.41, 5.74) is 3.10. The fourth-order valence-corrected chi connectivity index (χ4v) is 3.77. The van der Waals surface area contributed by atoms with Gasteiger partial charge >= 0.3 is 0 Å². The van der Waals surface area contributed by atoms with E-state index in [9.17, 15) is 9.18 Å². The first kappa shape index (κ1) is 20.9. The summed E-state index contributed by atoms with van der Waals surface area (Å²) in [5.74, 6) is 0.565. The third-order valence-electron chi connectivity index (χ3n) is 4.94. The minimum Gasteiger partial charge on any atom is -0.496 e. The number of fused-ring (bicyclic) bond motifs is 1. The maximum absolute atomic E-state index is 13.8. The van der Waals surface area contributed by atoms with Crippen LogP contribution in [0.3, 0.4) is 0 Å². The number of benzene rings is 2. The Balaban J connectivity index is 1.43. The van der Waals surface area contributed by atoms with Crippen LogP contribution in [0.15, 0.2) is 60.9 Å². The molecule has 0 radical (unpaired) electrons. The van der Waals surface area contributed by atoms with Crippen LogP contribution in [0, 0.1) is 5.82 Å². The predicted octanol–water partition coefficient (Wildman–Crippen LogP) is 4.68. The van der Waals surface area contributed by atoms with E-state index in [-0.39, 0.29) is 17.8 Å². The highest BCUT2D eigenvalue weighted by Crippen LogP contribution is 2.41. The summed E-state index contributed by atoms with van der Waals surface area (Å²) in [6, 6.07) is 11.7. The van der Waals surface area contributed by atoms with Gasteiger partial charge in [0.05, 0.1) is 18.7 Å². The van der Waals surface area contributed by atoms with Gasteiger partial charge in [0.2, 0.25) is 5.91 Å². The second-order valence-corrected chi connectivity index (χ2v) is 7.51. The molecule has 1 unspecified atom stereocenters. The Labute approximate surface area is 184 Å². The molecule has 1 aliphatic rings. The average molecular weight is 439 g/mol. The lowest BCUT2D eigenvalue weighted by Gasteiger charge is -2.12. The number of methoxy groups -OCH3 is 1. The van der Waals surface area contributed by atoms with E-state index in [0.717, 1.165) is 16.7 Å². The Bertz CT molecular complexity index is 1140. The molecule has 31 heavy (non-hydrogen) atoms. The smallest absolute Gasteiger partial charge is 0.244 e. The molecule has 2 aromatic carbocycles. The number of rotatable bonds is 6. The fraction of sp³-hybridized carbons (Fsp3) is 0.167. The first-order valence-corrected chi connectivity index (χ1v) is 10.1. The highest BCUT2D eigenvalue weighted by atomic mass is 35.5. The number of halogens is 2. The first-order chi connectivity index (χ1) is 15.0. The van der Waals surface area contributed by atoms with E-state index in [0.29, 0.717) is 35.1 Å². The van der Waals surface area contributed by atoms with Crippen LogP contribution >= 0.6 is 11.6 Å². The molecular formula is C24H20ClFN2O3. The Morgan fingerprint density at radius 2 is 2.23 bits per heavy atom. The zero-order chi connectivity index (χ0) is 21.8. The molecule has 2 heterocycles. The largest absolute Gasteiger partial charge is 0.496 e. The molecule has 4 rings (SSSR count). The number of hydrogen-bond acceptors (Lipinski definition) is 4. The van der Waals surface area contributed by atoms with Gasteiger partial charge in [-0.15, -0.1) is 0 Å². The van der Waals surface area contributed by atoms with E-state index < -0.39 is 0 Å². The third kappa shape index (κ3) is 4.86. The van der Waals surface area contributed by atoms with Crippen LogP contribution < -0.4 is 14.8 Å². The standard InChI is InChI=1S/C24H20ClFN2O3/c1-30-22-6-5-18(26)12-20(22)16-9-17-10-19(31-24(17)21(25)11-16)14-28-23(29)7-4-15-3-2-8-27-13-15/h2-9,11-13,19H,10,14H2,1H3,(H,28,29). The van der Waals surface area contributed by atoms with Gasteiger partial charge < -0.3 is 14.8 Å². The van der Waals surface area contributed by atoms with E-state index in [1.807, 2.05) is 12.1 Å². The molecule has 0 fully saturated rings. The fourth-order valence-electron chi connectivity index (χ4n) is 3.48. The van der Waals surface area contributed by atoms with Crippen LogP contribution in [-0.2, 0) is 11.2 Å². The summed E-state index contributed by atoms with van der Waals surface area (Å²) >= 11 is 6.44. The topological polar surface area (TPSA) is 60.5 Å². The molecule has 158 valence electrons. The van der Waals surface area contributed by atoms with E-state index >= 15 is 0 Å². The SMILES string of the molecule is COc1ccc(F)cc1-c1cc(Cl)c2c(c1)CC(CNC(=O)C=Cc1cccnc1)O2. The lowest BCUT2D eigenvalue weighted by atomic mass is 10.00. The van der Waals surface area contributed by atoms with Crippen LogP contribution in [0.1, 0.15) is 11.1 Å². The van der Waals surface area contributed by atoms with Crippen molar-refractivity contribution in [2.75, 3.05) is 13.7 Å². The minimum atomic E-state index is -0.358. The normalized spacial score (nSPS) is 14.9. The molecule has 7 heteroatoms. The van der Waals surface area contributed by atoms with E-state index in [1.165, 1.54) is 25.3 Å².